The molecule has 1 aliphatic heterocycles. The molecular formula is C17H26N4O3. The molecule has 0 atom stereocenters. The zero-order valence-corrected chi connectivity index (χ0v) is 14.5. The van der Waals surface area contributed by atoms with Crippen molar-refractivity contribution in [3.05, 3.63) is 20.4 Å². The Kier molecular flexibility index (Phi) is 4.62. The lowest BCUT2D eigenvalue weighted by Crippen LogP contribution is -2.54. The molecule has 1 aliphatic carbocycles. The maximum absolute atomic E-state index is 12.6. The number of piperazine rings is 1. The molecule has 2 N–H and O–H groups in total. The van der Waals surface area contributed by atoms with Crippen LogP contribution >= 0.6 is 0 Å². The van der Waals surface area contributed by atoms with Crippen molar-refractivity contribution in [2.24, 2.45) is 11.7 Å². The lowest BCUT2D eigenvalue weighted by molar-refractivity contribution is -0.136. The summed E-state index contributed by atoms with van der Waals surface area (Å²) in [5, 5.41) is 0. The van der Waals surface area contributed by atoms with Crippen molar-refractivity contribution in [3.8, 4) is 0 Å². The van der Waals surface area contributed by atoms with E-state index in [-0.39, 0.29) is 17.9 Å². The number of anilines is 2. The molecule has 1 saturated carbocycles. The van der Waals surface area contributed by atoms with E-state index in [1.165, 1.54) is 0 Å². The summed E-state index contributed by atoms with van der Waals surface area (Å²) in [6.07, 6.45) is 3.60. The van der Waals surface area contributed by atoms with Gasteiger partial charge in [-0.1, -0.05) is 0 Å². The Morgan fingerprint density at radius 1 is 1.00 bits per heavy atom. The van der Waals surface area contributed by atoms with Gasteiger partial charge in [0.2, 0.25) is 5.91 Å². The summed E-state index contributed by atoms with van der Waals surface area (Å²) in [5.41, 5.74) is 6.10. The fraction of sp³-hybridized carbons (Fsp3) is 0.706. The van der Waals surface area contributed by atoms with E-state index >= 15 is 0 Å². The summed E-state index contributed by atoms with van der Waals surface area (Å²) < 4.78 is 0. The van der Waals surface area contributed by atoms with Gasteiger partial charge in [0.1, 0.15) is 11.4 Å². The Balaban J connectivity index is 1.60. The second-order valence-electron chi connectivity index (χ2n) is 7.17. The highest BCUT2D eigenvalue weighted by Crippen LogP contribution is 2.27. The lowest BCUT2D eigenvalue weighted by Gasteiger charge is -2.39. The maximum atomic E-state index is 12.6. The quantitative estimate of drug-likeness (QED) is 0.751. The molecule has 1 heterocycles. The van der Waals surface area contributed by atoms with E-state index in [1.54, 1.807) is 19.0 Å². The van der Waals surface area contributed by atoms with Crippen molar-refractivity contribution in [2.45, 2.75) is 31.7 Å². The Morgan fingerprint density at radius 3 is 2.12 bits per heavy atom. The fourth-order valence-corrected chi connectivity index (χ4v) is 3.85. The molecule has 1 aromatic carbocycles. The predicted molar refractivity (Wildman–Crippen MR) is 94.4 cm³/mol. The molecule has 2 fully saturated rings. The van der Waals surface area contributed by atoms with Crippen molar-refractivity contribution >= 4 is 17.3 Å². The molecule has 1 amide bonds. The standard InChI is InChI=1S/C17H26N4O3/c1-19(2)13-14(16(23)15(13)22)20-7-9-21(10-8-20)17(24)11-3-5-12(18)6-4-11/h11-12H,3-10,18H2,1-2H3/t11-,12-. The third-order valence-corrected chi connectivity index (χ3v) is 5.34. The maximum Gasteiger partial charge on any atom is 0.253 e. The van der Waals surface area contributed by atoms with Crippen LogP contribution in [0.25, 0.3) is 0 Å². The van der Waals surface area contributed by atoms with Gasteiger partial charge in [0, 0.05) is 52.2 Å². The number of carbonyl (C=O) groups is 1. The van der Waals surface area contributed by atoms with E-state index in [0.29, 0.717) is 37.6 Å². The third kappa shape index (κ3) is 2.92. The highest BCUT2D eigenvalue weighted by molar-refractivity contribution is 5.80. The van der Waals surface area contributed by atoms with Gasteiger partial charge in [-0.2, -0.15) is 0 Å². The summed E-state index contributed by atoms with van der Waals surface area (Å²) in [7, 11) is 3.54. The third-order valence-electron chi connectivity index (χ3n) is 5.34. The summed E-state index contributed by atoms with van der Waals surface area (Å²) in [6.45, 7) is 2.41. The molecule has 0 radical (unpaired) electrons. The summed E-state index contributed by atoms with van der Waals surface area (Å²) in [4.78, 5) is 41.8. The van der Waals surface area contributed by atoms with Gasteiger partial charge in [0.15, 0.2) is 0 Å². The van der Waals surface area contributed by atoms with E-state index in [9.17, 15) is 14.4 Å². The van der Waals surface area contributed by atoms with Gasteiger partial charge < -0.3 is 20.4 Å². The van der Waals surface area contributed by atoms with Crippen LogP contribution in [0.3, 0.4) is 0 Å². The number of carbonyl (C=O) groups excluding carboxylic acids is 1. The van der Waals surface area contributed by atoms with Crippen LogP contribution in [0.1, 0.15) is 25.7 Å². The van der Waals surface area contributed by atoms with Crippen LogP contribution < -0.4 is 26.4 Å². The molecule has 132 valence electrons. The second kappa shape index (κ2) is 6.55. The minimum absolute atomic E-state index is 0.0971. The van der Waals surface area contributed by atoms with Gasteiger partial charge in [-0.05, 0) is 25.7 Å². The summed E-state index contributed by atoms with van der Waals surface area (Å²) in [6, 6.07) is 0.240. The topological polar surface area (TPSA) is 86.9 Å². The average Bonchev–Trinajstić information content (AvgIpc) is 2.58. The van der Waals surface area contributed by atoms with E-state index in [4.69, 9.17) is 5.73 Å². The van der Waals surface area contributed by atoms with E-state index < -0.39 is 10.9 Å². The molecule has 0 bridgehead atoms. The van der Waals surface area contributed by atoms with Crippen molar-refractivity contribution < 1.29 is 4.79 Å². The first-order chi connectivity index (χ1) is 11.4. The van der Waals surface area contributed by atoms with Crippen molar-refractivity contribution in [2.75, 3.05) is 50.1 Å². The first kappa shape index (κ1) is 17.0. The molecule has 2 aliphatic rings. The monoisotopic (exact) mass is 334 g/mol. The molecule has 3 rings (SSSR count). The van der Waals surface area contributed by atoms with Crippen LogP contribution in [-0.2, 0) is 4.79 Å². The van der Waals surface area contributed by atoms with Gasteiger partial charge in [0.05, 0.1) is 0 Å². The molecule has 7 nitrogen and oxygen atoms in total. The molecule has 7 heteroatoms. The molecular weight excluding hydrogens is 308 g/mol. The normalized spacial score (nSPS) is 25.1. The van der Waals surface area contributed by atoms with E-state index in [0.717, 1.165) is 25.7 Å². The zero-order chi connectivity index (χ0) is 17.4. The fourth-order valence-electron chi connectivity index (χ4n) is 3.85. The Labute approximate surface area is 141 Å². The van der Waals surface area contributed by atoms with Gasteiger partial charge in [-0.3, -0.25) is 14.4 Å². The highest BCUT2D eigenvalue weighted by atomic mass is 16.2. The van der Waals surface area contributed by atoms with Gasteiger partial charge in [-0.25, -0.2) is 0 Å². The van der Waals surface area contributed by atoms with Crippen LogP contribution in [0, 0.1) is 5.92 Å². The van der Waals surface area contributed by atoms with Crippen LogP contribution in [0.15, 0.2) is 9.59 Å². The van der Waals surface area contributed by atoms with Crippen LogP contribution in [0.2, 0.25) is 0 Å². The minimum Gasteiger partial charge on any atom is -0.373 e. The van der Waals surface area contributed by atoms with Crippen LogP contribution in [-0.4, -0.2) is 57.1 Å². The van der Waals surface area contributed by atoms with E-state index in [2.05, 4.69) is 0 Å². The molecule has 24 heavy (non-hydrogen) atoms. The van der Waals surface area contributed by atoms with Gasteiger partial charge >= 0.3 is 0 Å². The smallest absolute Gasteiger partial charge is 0.253 e. The first-order valence-corrected chi connectivity index (χ1v) is 8.70. The van der Waals surface area contributed by atoms with Crippen molar-refractivity contribution in [1.29, 1.82) is 0 Å². The van der Waals surface area contributed by atoms with Crippen molar-refractivity contribution in [1.82, 2.24) is 4.90 Å². The van der Waals surface area contributed by atoms with Crippen LogP contribution in [0.4, 0.5) is 11.4 Å². The molecule has 0 spiro atoms. The molecule has 0 unspecified atom stereocenters. The number of nitrogens with two attached hydrogens (primary N) is 1. The SMILES string of the molecule is CN(C)c1c(N2CCN(C(=O)[C@H]3CC[C@H](N)CC3)CC2)c(=O)c1=O. The number of hydrogen-bond donors (Lipinski definition) is 1. The Bertz CT molecular complexity index is 676. The second-order valence-corrected chi connectivity index (χ2v) is 7.17. The number of hydrogen-bond acceptors (Lipinski definition) is 6. The van der Waals surface area contributed by atoms with Gasteiger partial charge in [0.25, 0.3) is 10.9 Å². The van der Waals surface area contributed by atoms with Crippen molar-refractivity contribution in [3.63, 3.8) is 0 Å². The highest BCUT2D eigenvalue weighted by Gasteiger charge is 2.33. The van der Waals surface area contributed by atoms with Crippen LogP contribution in [0.5, 0.6) is 0 Å². The van der Waals surface area contributed by atoms with Gasteiger partial charge in [-0.15, -0.1) is 0 Å². The predicted octanol–water partition coefficient (Wildman–Crippen LogP) is -0.485. The average molecular weight is 334 g/mol. The number of rotatable bonds is 3. The lowest BCUT2D eigenvalue weighted by atomic mass is 9.85. The van der Waals surface area contributed by atoms with E-state index in [1.807, 2.05) is 9.80 Å². The largest absolute Gasteiger partial charge is 0.373 e. The zero-order valence-electron chi connectivity index (χ0n) is 14.5. The minimum atomic E-state index is -0.410. The molecule has 1 aromatic rings. The molecule has 1 saturated heterocycles. The Morgan fingerprint density at radius 2 is 1.58 bits per heavy atom. The number of amides is 1. The summed E-state index contributed by atoms with van der Waals surface area (Å²) in [5.74, 6) is 0.319. The number of nitrogens with zero attached hydrogens (tertiary/aromatic N) is 3. The molecule has 0 aromatic heterocycles. The Hall–Kier alpha value is -1.89. The summed E-state index contributed by atoms with van der Waals surface area (Å²) >= 11 is 0. The first-order valence-electron chi connectivity index (χ1n) is 8.70.